The van der Waals surface area contributed by atoms with E-state index in [9.17, 15) is 19.2 Å². The molecule has 0 N–H and O–H groups in total. The number of hydrogen-bond donors (Lipinski definition) is 0. The van der Waals surface area contributed by atoms with E-state index in [0.29, 0.717) is 26.4 Å². The molecule has 0 amide bonds. The van der Waals surface area contributed by atoms with Crippen LogP contribution in [-0.2, 0) is 38.1 Å². The molecular weight excluding hydrogens is 344 g/mol. The van der Waals surface area contributed by atoms with Gasteiger partial charge in [0, 0.05) is 24.3 Å². The van der Waals surface area contributed by atoms with E-state index in [0.717, 1.165) is 37.1 Å². The first-order chi connectivity index (χ1) is 12.4. The van der Waals surface area contributed by atoms with Gasteiger partial charge in [-0.25, -0.2) is 19.2 Å². The van der Waals surface area contributed by atoms with Crippen molar-refractivity contribution in [2.75, 3.05) is 26.4 Å². The third-order valence-corrected chi connectivity index (χ3v) is 2.18. The van der Waals surface area contributed by atoms with E-state index in [2.05, 4.69) is 9.47 Å². The van der Waals surface area contributed by atoms with Crippen LogP contribution in [0.5, 0.6) is 0 Å². The van der Waals surface area contributed by atoms with Crippen molar-refractivity contribution in [3.63, 3.8) is 0 Å². The summed E-state index contributed by atoms with van der Waals surface area (Å²) in [6, 6.07) is 0. The van der Waals surface area contributed by atoms with Crippen molar-refractivity contribution in [1.82, 2.24) is 0 Å². The molecule has 0 aromatic rings. The zero-order chi connectivity index (χ0) is 20.2. The van der Waals surface area contributed by atoms with E-state index in [1.807, 2.05) is 13.8 Å². The van der Waals surface area contributed by atoms with Crippen LogP contribution < -0.4 is 0 Å². The Morgan fingerprint density at radius 3 is 1.04 bits per heavy atom. The Labute approximate surface area is 154 Å². The highest BCUT2D eigenvalue weighted by atomic mass is 16.5. The van der Waals surface area contributed by atoms with Crippen LogP contribution in [0.3, 0.4) is 0 Å². The average Bonchev–Trinajstić information content (AvgIpc) is 2.62. The molecule has 148 valence electrons. The molecule has 0 atom stereocenters. The van der Waals surface area contributed by atoms with Gasteiger partial charge < -0.3 is 18.9 Å². The fourth-order valence-electron chi connectivity index (χ4n) is 1.15. The quantitative estimate of drug-likeness (QED) is 0.326. The first-order valence-electron chi connectivity index (χ1n) is 8.44. The van der Waals surface area contributed by atoms with Gasteiger partial charge in [0.25, 0.3) is 0 Å². The second-order valence-corrected chi connectivity index (χ2v) is 4.51. The molecule has 0 aliphatic heterocycles. The summed E-state index contributed by atoms with van der Waals surface area (Å²) in [4.78, 5) is 43.0. The van der Waals surface area contributed by atoms with Crippen LogP contribution in [0.15, 0.2) is 24.3 Å². The standard InChI is InChI=1S/C10H16O4.C8H12O4/c1-3-7-13-9(11)5-6-10(12)14-8-4-2;1-3-11-7(9)5-6-8(10)12-4-2/h5-6H,3-4,7-8H2,1-2H3;5-6H,3-4H2,1-2H3. The maximum absolute atomic E-state index is 10.9. The van der Waals surface area contributed by atoms with Crippen LogP contribution in [0.4, 0.5) is 0 Å². The Morgan fingerprint density at radius 2 is 0.808 bits per heavy atom. The van der Waals surface area contributed by atoms with Crippen molar-refractivity contribution in [2.24, 2.45) is 0 Å². The molecule has 0 bridgehead atoms. The normalized spacial score (nSPS) is 10.0. The summed E-state index contributed by atoms with van der Waals surface area (Å²) < 4.78 is 18.5. The van der Waals surface area contributed by atoms with E-state index in [-0.39, 0.29) is 0 Å². The number of ether oxygens (including phenoxy) is 4. The molecule has 8 heteroatoms. The molecule has 0 unspecified atom stereocenters. The van der Waals surface area contributed by atoms with Crippen LogP contribution in [-0.4, -0.2) is 50.3 Å². The van der Waals surface area contributed by atoms with E-state index >= 15 is 0 Å². The van der Waals surface area contributed by atoms with Gasteiger partial charge in [-0.05, 0) is 26.7 Å². The highest BCUT2D eigenvalue weighted by Gasteiger charge is 1.99. The van der Waals surface area contributed by atoms with Crippen LogP contribution in [0.25, 0.3) is 0 Å². The molecule has 0 aromatic carbocycles. The van der Waals surface area contributed by atoms with Crippen LogP contribution in [0.2, 0.25) is 0 Å². The fourth-order valence-corrected chi connectivity index (χ4v) is 1.15. The van der Waals surface area contributed by atoms with Gasteiger partial charge >= 0.3 is 23.9 Å². The molecule has 0 rings (SSSR count). The number of esters is 4. The number of rotatable bonds is 10. The van der Waals surface area contributed by atoms with Crippen molar-refractivity contribution in [2.45, 2.75) is 40.5 Å². The number of hydrogen-bond acceptors (Lipinski definition) is 8. The molecule has 26 heavy (non-hydrogen) atoms. The van der Waals surface area contributed by atoms with Crippen LogP contribution in [0.1, 0.15) is 40.5 Å². The van der Waals surface area contributed by atoms with Gasteiger partial charge in [-0.2, -0.15) is 0 Å². The molecule has 0 heterocycles. The minimum atomic E-state index is -0.537. The molecule has 0 spiro atoms. The maximum Gasteiger partial charge on any atom is 0.331 e. The summed E-state index contributed by atoms with van der Waals surface area (Å²) in [5.41, 5.74) is 0. The lowest BCUT2D eigenvalue weighted by molar-refractivity contribution is -0.140. The second-order valence-electron chi connectivity index (χ2n) is 4.51. The first kappa shape index (κ1) is 25.6. The van der Waals surface area contributed by atoms with E-state index < -0.39 is 23.9 Å². The van der Waals surface area contributed by atoms with E-state index in [4.69, 9.17) is 9.47 Å². The average molecular weight is 372 g/mol. The summed E-state index contributed by atoms with van der Waals surface area (Å²) in [5, 5.41) is 0. The first-order valence-corrected chi connectivity index (χ1v) is 8.44. The molecule has 0 saturated heterocycles. The Morgan fingerprint density at radius 1 is 0.538 bits per heavy atom. The van der Waals surface area contributed by atoms with Gasteiger partial charge in [0.05, 0.1) is 26.4 Å². The van der Waals surface area contributed by atoms with Gasteiger partial charge in [0.2, 0.25) is 0 Å². The van der Waals surface area contributed by atoms with Gasteiger partial charge in [-0.3, -0.25) is 0 Å². The predicted molar refractivity (Wildman–Crippen MR) is 94.0 cm³/mol. The summed E-state index contributed by atoms with van der Waals surface area (Å²) >= 11 is 0. The Balaban J connectivity index is 0. The highest BCUT2D eigenvalue weighted by Crippen LogP contribution is 1.88. The minimum absolute atomic E-state index is 0.298. The van der Waals surface area contributed by atoms with Crippen molar-refractivity contribution >= 4 is 23.9 Å². The Hall–Kier alpha value is -2.64. The van der Waals surface area contributed by atoms with Gasteiger partial charge in [-0.15, -0.1) is 0 Å². The Kier molecular flexibility index (Phi) is 18.4. The van der Waals surface area contributed by atoms with Crippen molar-refractivity contribution < 1.29 is 38.1 Å². The van der Waals surface area contributed by atoms with Crippen molar-refractivity contribution in [3.05, 3.63) is 24.3 Å². The molecule has 0 fully saturated rings. The molecule has 8 nitrogen and oxygen atoms in total. The maximum atomic E-state index is 10.9. The van der Waals surface area contributed by atoms with Gasteiger partial charge in [-0.1, -0.05) is 13.8 Å². The third-order valence-electron chi connectivity index (χ3n) is 2.18. The predicted octanol–water partition coefficient (Wildman–Crippen LogP) is 2.12. The lowest BCUT2D eigenvalue weighted by atomic mass is 10.5. The highest BCUT2D eigenvalue weighted by molar-refractivity contribution is 5.92. The molecule has 0 aliphatic carbocycles. The topological polar surface area (TPSA) is 105 Å². The summed E-state index contributed by atoms with van der Waals surface area (Å²) in [7, 11) is 0. The Bertz CT molecular complexity index is 438. The number of carbonyl (C=O) groups excluding carboxylic acids is 4. The van der Waals surface area contributed by atoms with Gasteiger partial charge in [0.15, 0.2) is 0 Å². The second kappa shape index (κ2) is 18.7. The van der Waals surface area contributed by atoms with E-state index in [1.54, 1.807) is 13.8 Å². The summed E-state index contributed by atoms with van der Waals surface area (Å²) in [5.74, 6) is -2.10. The van der Waals surface area contributed by atoms with Gasteiger partial charge in [0.1, 0.15) is 0 Å². The van der Waals surface area contributed by atoms with Crippen molar-refractivity contribution in [3.8, 4) is 0 Å². The lowest BCUT2D eigenvalue weighted by Crippen LogP contribution is -2.05. The van der Waals surface area contributed by atoms with Crippen LogP contribution >= 0.6 is 0 Å². The molecule has 0 aromatic heterocycles. The molecule has 0 radical (unpaired) electrons. The van der Waals surface area contributed by atoms with Crippen LogP contribution in [0, 0.1) is 0 Å². The smallest absolute Gasteiger partial charge is 0.331 e. The molecule has 0 saturated carbocycles. The number of carbonyl (C=O) groups is 4. The summed E-state index contributed by atoms with van der Waals surface area (Å²) in [6.45, 7) is 8.50. The SMILES string of the molecule is CCCOC(=O)C=CC(=O)OCCC.CCOC(=O)C=CC(=O)OCC. The zero-order valence-corrected chi connectivity index (χ0v) is 15.8. The lowest BCUT2D eigenvalue weighted by Gasteiger charge is -1.98. The minimum Gasteiger partial charge on any atom is -0.463 e. The monoisotopic (exact) mass is 372 g/mol. The third kappa shape index (κ3) is 19.4. The fraction of sp³-hybridized carbons (Fsp3) is 0.556. The van der Waals surface area contributed by atoms with Crippen molar-refractivity contribution in [1.29, 1.82) is 0 Å². The zero-order valence-electron chi connectivity index (χ0n) is 15.8. The summed E-state index contributed by atoms with van der Waals surface area (Å²) in [6.07, 6.45) is 5.77. The van der Waals surface area contributed by atoms with E-state index in [1.165, 1.54) is 0 Å². The largest absolute Gasteiger partial charge is 0.463 e. The molecule has 0 aliphatic rings. The molecular formula is C18H28O8.